The first kappa shape index (κ1) is 12.3. The van der Waals surface area contributed by atoms with Crippen molar-refractivity contribution in [2.24, 2.45) is 0 Å². The van der Waals surface area contributed by atoms with Gasteiger partial charge < -0.3 is 20.4 Å². The average molecular weight is 266 g/mol. The highest BCUT2D eigenvalue weighted by Crippen LogP contribution is 2.31. The molecule has 2 rings (SSSR count). The van der Waals surface area contributed by atoms with Crippen LogP contribution in [-0.2, 0) is 10.8 Å². The molecule has 0 bridgehead atoms. The van der Waals surface area contributed by atoms with E-state index >= 15 is 0 Å². The number of rotatable bonds is 2. The highest BCUT2D eigenvalue weighted by molar-refractivity contribution is 7.85. The zero-order valence-electron chi connectivity index (χ0n) is 9.07. The van der Waals surface area contributed by atoms with Gasteiger partial charge in [-0.3, -0.25) is 0 Å². The zero-order valence-corrected chi connectivity index (χ0v) is 9.89. The van der Waals surface area contributed by atoms with Gasteiger partial charge in [0.05, 0.1) is 10.8 Å². The molecule has 0 saturated heterocycles. The summed E-state index contributed by atoms with van der Waals surface area (Å²) in [7, 11) is -1.63. The molecule has 0 aliphatic carbocycles. The summed E-state index contributed by atoms with van der Waals surface area (Å²) in [4.78, 5) is 0.547. The Morgan fingerprint density at radius 2 is 1.06 bits per heavy atom. The largest absolute Gasteiger partial charge is 0.504 e. The Labute approximate surface area is 105 Å². The lowest BCUT2D eigenvalue weighted by atomic mass is 10.3. The minimum atomic E-state index is -1.63. The van der Waals surface area contributed by atoms with E-state index in [1.807, 2.05) is 0 Å². The summed E-state index contributed by atoms with van der Waals surface area (Å²) in [6.45, 7) is 0. The molecule has 0 radical (unpaired) electrons. The molecule has 18 heavy (non-hydrogen) atoms. The van der Waals surface area contributed by atoms with E-state index in [9.17, 15) is 14.4 Å². The minimum Gasteiger partial charge on any atom is -0.504 e. The maximum Gasteiger partial charge on any atom is 0.158 e. The molecular formula is C12H10O5S. The Balaban J connectivity index is 2.41. The number of hydrogen-bond donors (Lipinski definition) is 4. The Hall–Kier alpha value is -2.21. The maximum atomic E-state index is 12.1. The van der Waals surface area contributed by atoms with Crippen molar-refractivity contribution in [3.63, 3.8) is 0 Å². The molecule has 0 fully saturated rings. The number of hydrogen-bond acceptors (Lipinski definition) is 5. The van der Waals surface area contributed by atoms with Gasteiger partial charge in [0.1, 0.15) is 0 Å². The molecule has 0 amide bonds. The van der Waals surface area contributed by atoms with Gasteiger partial charge in [-0.05, 0) is 24.3 Å². The van der Waals surface area contributed by atoms with E-state index in [1.165, 1.54) is 36.4 Å². The van der Waals surface area contributed by atoms with Gasteiger partial charge in [0, 0.05) is 21.9 Å². The lowest BCUT2D eigenvalue weighted by Crippen LogP contribution is -1.92. The molecule has 0 atom stereocenters. The third-order valence-corrected chi connectivity index (χ3v) is 3.69. The van der Waals surface area contributed by atoms with Crippen LogP contribution in [0.5, 0.6) is 23.0 Å². The molecule has 2 aromatic rings. The first-order valence-electron chi connectivity index (χ1n) is 4.95. The van der Waals surface area contributed by atoms with Gasteiger partial charge in [-0.1, -0.05) is 0 Å². The van der Waals surface area contributed by atoms with E-state index in [0.717, 1.165) is 0 Å². The van der Waals surface area contributed by atoms with Crippen molar-refractivity contribution in [1.29, 1.82) is 0 Å². The van der Waals surface area contributed by atoms with E-state index in [0.29, 0.717) is 0 Å². The Morgan fingerprint density at radius 3 is 1.39 bits per heavy atom. The van der Waals surface area contributed by atoms with Gasteiger partial charge in [0.15, 0.2) is 23.0 Å². The molecule has 6 heteroatoms. The van der Waals surface area contributed by atoms with Gasteiger partial charge >= 0.3 is 0 Å². The molecule has 0 aromatic heterocycles. The monoisotopic (exact) mass is 266 g/mol. The van der Waals surface area contributed by atoms with Crippen LogP contribution in [0, 0.1) is 0 Å². The molecule has 0 unspecified atom stereocenters. The van der Waals surface area contributed by atoms with Crippen LogP contribution in [0.1, 0.15) is 0 Å². The SMILES string of the molecule is O=S(c1ccc(O)c(O)c1)c1ccc(O)c(O)c1. The molecular weight excluding hydrogens is 256 g/mol. The van der Waals surface area contributed by atoms with Crippen LogP contribution in [0.4, 0.5) is 0 Å². The predicted molar refractivity (Wildman–Crippen MR) is 64.2 cm³/mol. The molecule has 94 valence electrons. The van der Waals surface area contributed by atoms with E-state index in [4.69, 9.17) is 10.2 Å². The first-order valence-corrected chi connectivity index (χ1v) is 6.10. The second-order valence-corrected chi connectivity index (χ2v) is 5.05. The second-order valence-electron chi connectivity index (χ2n) is 3.57. The third-order valence-electron chi connectivity index (χ3n) is 2.32. The Kier molecular flexibility index (Phi) is 3.12. The van der Waals surface area contributed by atoms with Crippen LogP contribution in [0.2, 0.25) is 0 Å². The van der Waals surface area contributed by atoms with E-state index in [-0.39, 0.29) is 32.8 Å². The average Bonchev–Trinajstić information content (AvgIpc) is 2.35. The van der Waals surface area contributed by atoms with Crippen LogP contribution in [0.3, 0.4) is 0 Å². The van der Waals surface area contributed by atoms with Crippen LogP contribution in [-0.4, -0.2) is 24.6 Å². The molecule has 0 heterocycles. The highest BCUT2D eigenvalue weighted by atomic mass is 32.2. The van der Waals surface area contributed by atoms with Crippen molar-refractivity contribution in [2.75, 3.05) is 0 Å². The fourth-order valence-corrected chi connectivity index (χ4v) is 2.47. The molecule has 0 spiro atoms. The fourth-order valence-electron chi connectivity index (χ4n) is 1.37. The number of phenols is 4. The lowest BCUT2D eigenvalue weighted by Gasteiger charge is -2.05. The summed E-state index contributed by atoms with van der Waals surface area (Å²) in [5, 5.41) is 37.0. The standard InChI is InChI=1S/C12H10O5S/c13-9-3-1-7(5-11(9)15)18(17)8-2-4-10(14)12(16)6-8/h1-6,13-16H. The van der Waals surface area contributed by atoms with Gasteiger partial charge in [-0.25, -0.2) is 4.21 Å². The van der Waals surface area contributed by atoms with Gasteiger partial charge in [-0.2, -0.15) is 0 Å². The van der Waals surface area contributed by atoms with E-state index < -0.39 is 10.8 Å². The Bertz CT molecular complexity index is 570. The quantitative estimate of drug-likeness (QED) is 0.620. The molecule has 2 aromatic carbocycles. The van der Waals surface area contributed by atoms with Crippen LogP contribution < -0.4 is 0 Å². The molecule has 0 aliphatic heterocycles. The van der Waals surface area contributed by atoms with Crippen molar-refractivity contribution in [2.45, 2.75) is 9.79 Å². The summed E-state index contributed by atoms with van der Waals surface area (Å²) in [6.07, 6.45) is 0. The zero-order chi connectivity index (χ0) is 13.3. The summed E-state index contributed by atoms with van der Waals surface area (Å²) < 4.78 is 12.1. The van der Waals surface area contributed by atoms with Gasteiger partial charge in [0.25, 0.3) is 0 Å². The van der Waals surface area contributed by atoms with Gasteiger partial charge in [-0.15, -0.1) is 0 Å². The number of benzene rings is 2. The summed E-state index contributed by atoms with van der Waals surface area (Å²) in [6, 6.07) is 7.60. The van der Waals surface area contributed by atoms with Crippen LogP contribution in [0.15, 0.2) is 46.2 Å². The van der Waals surface area contributed by atoms with Crippen molar-refractivity contribution in [3.05, 3.63) is 36.4 Å². The van der Waals surface area contributed by atoms with Crippen LogP contribution in [0.25, 0.3) is 0 Å². The maximum absolute atomic E-state index is 12.1. The number of aromatic hydroxyl groups is 4. The first-order chi connectivity index (χ1) is 8.49. The van der Waals surface area contributed by atoms with E-state index in [2.05, 4.69) is 0 Å². The topological polar surface area (TPSA) is 98.0 Å². The predicted octanol–water partition coefficient (Wildman–Crippen LogP) is 1.68. The highest BCUT2D eigenvalue weighted by Gasteiger charge is 2.11. The van der Waals surface area contributed by atoms with Crippen molar-refractivity contribution in [3.8, 4) is 23.0 Å². The number of phenolic OH excluding ortho intramolecular Hbond substituents is 4. The van der Waals surface area contributed by atoms with Crippen molar-refractivity contribution in [1.82, 2.24) is 0 Å². The van der Waals surface area contributed by atoms with Crippen molar-refractivity contribution < 1.29 is 24.6 Å². The smallest absolute Gasteiger partial charge is 0.158 e. The van der Waals surface area contributed by atoms with Crippen LogP contribution >= 0.6 is 0 Å². The second kappa shape index (κ2) is 4.58. The fraction of sp³-hybridized carbons (Fsp3) is 0. The third kappa shape index (κ3) is 2.23. The molecule has 0 saturated carbocycles. The summed E-state index contributed by atoms with van der Waals surface area (Å²) in [5.74, 6) is -1.35. The normalized spacial score (nSPS) is 10.7. The summed E-state index contributed by atoms with van der Waals surface area (Å²) >= 11 is 0. The Morgan fingerprint density at radius 1 is 0.667 bits per heavy atom. The molecule has 5 nitrogen and oxygen atoms in total. The lowest BCUT2D eigenvalue weighted by molar-refractivity contribution is 0.402. The summed E-state index contributed by atoms with van der Waals surface area (Å²) in [5.41, 5.74) is 0. The van der Waals surface area contributed by atoms with E-state index in [1.54, 1.807) is 0 Å². The van der Waals surface area contributed by atoms with Crippen molar-refractivity contribution >= 4 is 10.8 Å². The minimum absolute atomic E-state index is 0.274. The molecule has 0 aliphatic rings. The molecule has 4 N–H and O–H groups in total. The van der Waals surface area contributed by atoms with Gasteiger partial charge in [0.2, 0.25) is 0 Å².